The van der Waals surface area contributed by atoms with E-state index in [-0.39, 0.29) is 6.42 Å². The van der Waals surface area contributed by atoms with Crippen molar-refractivity contribution < 1.29 is 25.2 Å². The number of ether oxygens (including phenoxy) is 1. The van der Waals surface area contributed by atoms with Gasteiger partial charge in [-0.05, 0) is 0 Å². The Morgan fingerprint density at radius 2 is 1.30 bits per heavy atom. The lowest BCUT2D eigenvalue weighted by Crippen LogP contribution is -2.46. The molecule has 0 saturated carbocycles. The number of hydrogen-bond acceptors (Lipinski definition) is 5. The Bertz CT molecular complexity index is 90.6. The van der Waals surface area contributed by atoms with Gasteiger partial charge >= 0.3 is 0 Å². The summed E-state index contributed by atoms with van der Waals surface area (Å²) in [5.41, 5.74) is 0. The van der Waals surface area contributed by atoms with Crippen LogP contribution < -0.4 is 0 Å². The molecule has 3 unspecified atom stereocenters. The molecule has 1 aliphatic heterocycles. The molecule has 1 rings (SSSR count). The third kappa shape index (κ3) is 1.44. The highest BCUT2D eigenvalue weighted by Crippen LogP contribution is 2.16. The second kappa shape index (κ2) is 2.81. The number of hydrogen-bond donors (Lipinski definition) is 4. The molecule has 5 heteroatoms. The normalized spacial score (nSPS) is 49.2. The summed E-state index contributed by atoms with van der Waals surface area (Å²) in [6.45, 7) is 0. The molecular formula is C5H10O5. The average molecular weight is 150 g/mol. The van der Waals surface area contributed by atoms with E-state index in [1.165, 1.54) is 0 Å². The van der Waals surface area contributed by atoms with Gasteiger partial charge in [0.2, 0.25) is 0 Å². The van der Waals surface area contributed by atoms with Crippen molar-refractivity contribution in [2.24, 2.45) is 0 Å². The first-order valence-electron chi connectivity index (χ1n) is 2.99. The molecule has 10 heavy (non-hydrogen) atoms. The fraction of sp³-hybridized carbons (Fsp3) is 1.00. The van der Waals surface area contributed by atoms with Crippen molar-refractivity contribution in [3.8, 4) is 0 Å². The predicted octanol–water partition coefficient (Wildman–Crippen LogP) is -2.23. The average Bonchev–Trinajstić information content (AvgIpc) is 1.84. The van der Waals surface area contributed by atoms with E-state index in [0.29, 0.717) is 0 Å². The van der Waals surface area contributed by atoms with Gasteiger partial charge in [-0.3, -0.25) is 0 Å². The van der Waals surface area contributed by atoms with E-state index >= 15 is 0 Å². The lowest BCUT2D eigenvalue weighted by molar-refractivity contribution is -0.300. The van der Waals surface area contributed by atoms with E-state index in [0.717, 1.165) is 0 Å². The minimum absolute atomic E-state index is 0.0671. The molecule has 0 amide bonds. The molecule has 0 aromatic carbocycles. The smallest absolute Gasteiger partial charge is 0.184 e. The summed E-state index contributed by atoms with van der Waals surface area (Å²) in [6.07, 6.45) is -5.07. The van der Waals surface area contributed by atoms with Gasteiger partial charge in [-0.1, -0.05) is 0 Å². The summed E-state index contributed by atoms with van der Waals surface area (Å²) in [4.78, 5) is 0. The van der Waals surface area contributed by atoms with Crippen LogP contribution in [0.1, 0.15) is 6.42 Å². The Balaban J connectivity index is 2.46. The lowest BCUT2D eigenvalue weighted by Gasteiger charge is -2.31. The van der Waals surface area contributed by atoms with Crippen LogP contribution in [0.5, 0.6) is 0 Å². The van der Waals surface area contributed by atoms with E-state index < -0.39 is 24.8 Å². The molecule has 1 saturated heterocycles. The summed E-state index contributed by atoms with van der Waals surface area (Å²) >= 11 is 0. The van der Waals surface area contributed by atoms with E-state index in [4.69, 9.17) is 20.4 Å². The maximum Gasteiger partial charge on any atom is 0.184 e. The van der Waals surface area contributed by atoms with E-state index in [9.17, 15) is 0 Å². The van der Waals surface area contributed by atoms with Gasteiger partial charge in [-0.25, -0.2) is 0 Å². The minimum Gasteiger partial charge on any atom is -0.388 e. The zero-order valence-electron chi connectivity index (χ0n) is 5.21. The lowest BCUT2D eigenvalue weighted by atomic mass is 10.1. The van der Waals surface area contributed by atoms with Crippen molar-refractivity contribution in [3.63, 3.8) is 0 Å². The first-order valence-corrected chi connectivity index (χ1v) is 2.99. The summed E-state index contributed by atoms with van der Waals surface area (Å²) < 4.78 is 4.32. The fourth-order valence-electron chi connectivity index (χ4n) is 0.804. The third-order valence-corrected chi connectivity index (χ3v) is 1.42. The zero-order valence-corrected chi connectivity index (χ0v) is 5.21. The van der Waals surface area contributed by atoms with Crippen molar-refractivity contribution in [1.29, 1.82) is 0 Å². The van der Waals surface area contributed by atoms with Crippen molar-refractivity contribution >= 4 is 0 Å². The van der Waals surface area contributed by atoms with Gasteiger partial charge in [0.25, 0.3) is 0 Å². The number of rotatable bonds is 0. The molecule has 0 aliphatic carbocycles. The van der Waals surface area contributed by atoms with Gasteiger partial charge in [0, 0.05) is 6.42 Å². The SMILES string of the molecule is OC1C[C@H](O)C(O)OC1O. The quantitative estimate of drug-likeness (QED) is 0.313. The van der Waals surface area contributed by atoms with Crippen LogP contribution in [0.4, 0.5) is 0 Å². The molecule has 0 aromatic heterocycles. The van der Waals surface area contributed by atoms with Gasteiger partial charge in [0.05, 0.1) is 0 Å². The molecule has 0 aromatic rings. The molecule has 1 fully saturated rings. The van der Waals surface area contributed by atoms with E-state index in [1.807, 2.05) is 0 Å². The maximum absolute atomic E-state index is 8.82. The molecule has 0 radical (unpaired) electrons. The maximum atomic E-state index is 8.82. The second-order valence-electron chi connectivity index (χ2n) is 2.29. The second-order valence-corrected chi connectivity index (χ2v) is 2.29. The molecule has 60 valence electrons. The number of aliphatic hydroxyl groups excluding tert-OH is 4. The van der Waals surface area contributed by atoms with Crippen LogP contribution in [0, 0.1) is 0 Å². The van der Waals surface area contributed by atoms with Crippen LogP contribution in [0.2, 0.25) is 0 Å². The molecule has 5 nitrogen and oxygen atoms in total. The van der Waals surface area contributed by atoms with Crippen molar-refractivity contribution in [1.82, 2.24) is 0 Å². The van der Waals surface area contributed by atoms with Gasteiger partial charge in [0.15, 0.2) is 12.6 Å². The van der Waals surface area contributed by atoms with E-state index in [1.54, 1.807) is 0 Å². The predicted molar refractivity (Wildman–Crippen MR) is 29.7 cm³/mol. The zero-order chi connectivity index (χ0) is 7.72. The first-order chi connectivity index (χ1) is 4.61. The first kappa shape index (κ1) is 7.90. The van der Waals surface area contributed by atoms with Gasteiger partial charge in [-0.15, -0.1) is 0 Å². The molecule has 0 bridgehead atoms. The topological polar surface area (TPSA) is 90.2 Å². The third-order valence-electron chi connectivity index (χ3n) is 1.42. The number of aliphatic hydroxyl groups is 4. The Labute approximate surface area is 57.5 Å². The highest BCUT2D eigenvalue weighted by molar-refractivity contribution is 4.73. The standard InChI is InChI=1S/C5H10O5/c6-2-1-3(7)5(9)10-4(2)8/h2-9H,1H2/t2-,3?,4?,5?/m0/s1. The molecule has 4 atom stereocenters. The van der Waals surface area contributed by atoms with E-state index in [2.05, 4.69) is 4.74 Å². The van der Waals surface area contributed by atoms with Crippen LogP contribution in [0.25, 0.3) is 0 Å². The van der Waals surface area contributed by atoms with Gasteiger partial charge in [-0.2, -0.15) is 0 Å². The van der Waals surface area contributed by atoms with Gasteiger partial charge in [0.1, 0.15) is 12.2 Å². The molecule has 1 heterocycles. The largest absolute Gasteiger partial charge is 0.388 e. The molecule has 4 N–H and O–H groups in total. The Morgan fingerprint density at radius 1 is 0.900 bits per heavy atom. The molecular weight excluding hydrogens is 140 g/mol. The van der Waals surface area contributed by atoms with Crippen LogP contribution in [0.15, 0.2) is 0 Å². The van der Waals surface area contributed by atoms with Crippen LogP contribution in [-0.4, -0.2) is 45.2 Å². The minimum atomic E-state index is -1.39. The summed E-state index contributed by atoms with van der Waals surface area (Å²) in [6, 6.07) is 0. The van der Waals surface area contributed by atoms with Crippen molar-refractivity contribution in [3.05, 3.63) is 0 Å². The van der Waals surface area contributed by atoms with Crippen LogP contribution in [-0.2, 0) is 4.74 Å². The highest BCUT2D eigenvalue weighted by atomic mass is 16.7. The summed E-state index contributed by atoms with van der Waals surface area (Å²) in [5, 5.41) is 35.1. The molecule has 1 aliphatic rings. The van der Waals surface area contributed by atoms with Crippen molar-refractivity contribution in [2.45, 2.75) is 31.2 Å². The fourth-order valence-corrected chi connectivity index (χ4v) is 0.804. The highest BCUT2D eigenvalue weighted by Gasteiger charge is 2.33. The van der Waals surface area contributed by atoms with Crippen LogP contribution in [0.3, 0.4) is 0 Å². The summed E-state index contributed by atoms with van der Waals surface area (Å²) in [7, 11) is 0. The van der Waals surface area contributed by atoms with Gasteiger partial charge < -0.3 is 25.2 Å². The Hall–Kier alpha value is -0.200. The molecule has 0 spiro atoms. The monoisotopic (exact) mass is 150 g/mol. The Kier molecular flexibility index (Phi) is 2.22. The van der Waals surface area contributed by atoms with Crippen LogP contribution >= 0.6 is 0 Å². The Morgan fingerprint density at radius 3 is 1.60 bits per heavy atom. The van der Waals surface area contributed by atoms with Crippen molar-refractivity contribution in [2.75, 3.05) is 0 Å². The summed E-state index contributed by atoms with van der Waals surface area (Å²) in [5.74, 6) is 0.